The van der Waals surface area contributed by atoms with E-state index in [9.17, 15) is 9.59 Å². The van der Waals surface area contributed by atoms with Crippen LogP contribution in [0.3, 0.4) is 0 Å². The summed E-state index contributed by atoms with van der Waals surface area (Å²) in [5.41, 5.74) is 1.52. The molecule has 0 amide bonds. The van der Waals surface area contributed by atoms with Gasteiger partial charge < -0.3 is 4.74 Å². The molecule has 0 saturated carbocycles. The van der Waals surface area contributed by atoms with E-state index in [-0.39, 0.29) is 18.2 Å². The summed E-state index contributed by atoms with van der Waals surface area (Å²) in [5, 5.41) is 8.74. The van der Waals surface area contributed by atoms with E-state index in [1.54, 1.807) is 48.5 Å². The zero-order valence-corrected chi connectivity index (χ0v) is 11.8. The third-order valence-corrected chi connectivity index (χ3v) is 3.00. The topological polar surface area (TPSA) is 67.2 Å². The summed E-state index contributed by atoms with van der Waals surface area (Å²) in [6.07, 6.45) is 1.20. The Morgan fingerprint density at radius 1 is 1.05 bits per heavy atom. The molecule has 0 saturated heterocycles. The van der Waals surface area contributed by atoms with E-state index in [4.69, 9.17) is 10.00 Å². The van der Waals surface area contributed by atoms with Crippen molar-refractivity contribution in [2.45, 2.75) is 0 Å². The van der Waals surface area contributed by atoms with E-state index in [2.05, 4.69) is 6.58 Å². The molecule has 0 radical (unpaired) electrons. The van der Waals surface area contributed by atoms with Gasteiger partial charge in [-0.05, 0) is 54.6 Å². The van der Waals surface area contributed by atoms with Crippen LogP contribution in [0.1, 0.15) is 21.5 Å². The molecule has 0 fully saturated rings. The van der Waals surface area contributed by atoms with Crippen LogP contribution in [0.25, 0.3) is 0 Å². The molecule has 0 aliphatic rings. The Hall–Kier alpha value is -3.19. The first-order valence-corrected chi connectivity index (χ1v) is 6.57. The number of carbonyl (C=O) groups excluding carboxylic acids is 2. The molecule has 2 aromatic rings. The summed E-state index contributed by atoms with van der Waals surface area (Å²) < 4.78 is 5.26. The van der Waals surface area contributed by atoms with Gasteiger partial charge >= 0.3 is 0 Å². The Morgan fingerprint density at radius 3 is 2.09 bits per heavy atom. The van der Waals surface area contributed by atoms with Crippen molar-refractivity contribution in [2.24, 2.45) is 0 Å². The van der Waals surface area contributed by atoms with Gasteiger partial charge in [0, 0.05) is 11.1 Å². The lowest BCUT2D eigenvalue weighted by Gasteiger charge is -2.05. The average Bonchev–Trinajstić information content (AvgIpc) is 2.59. The Labute approximate surface area is 128 Å². The molecule has 22 heavy (non-hydrogen) atoms. The molecule has 2 aromatic carbocycles. The quantitative estimate of drug-likeness (QED) is 0.606. The lowest BCUT2D eigenvalue weighted by atomic mass is 10.0. The van der Waals surface area contributed by atoms with Crippen LogP contribution in [0.2, 0.25) is 0 Å². The molecular weight excluding hydrogens is 278 g/mol. The van der Waals surface area contributed by atoms with E-state index < -0.39 is 0 Å². The second kappa shape index (κ2) is 7.00. The molecule has 0 atom stereocenters. The Morgan fingerprint density at radius 2 is 1.59 bits per heavy atom. The number of rotatable bonds is 6. The van der Waals surface area contributed by atoms with Gasteiger partial charge in [-0.15, -0.1) is 0 Å². The van der Waals surface area contributed by atoms with Gasteiger partial charge in [-0.3, -0.25) is 9.59 Å². The van der Waals surface area contributed by atoms with Crippen molar-refractivity contribution in [3.63, 3.8) is 0 Å². The van der Waals surface area contributed by atoms with Crippen molar-refractivity contribution in [3.05, 3.63) is 77.9 Å². The zero-order chi connectivity index (χ0) is 15.9. The highest BCUT2D eigenvalue weighted by Gasteiger charge is 2.09. The van der Waals surface area contributed by atoms with Gasteiger partial charge in [0.15, 0.2) is 18.2 Å². The molecule has 0 aromatic heterocycles. The van der Waals surface area contributed by atoms with Crippen molar-refractivity contribution in [2.75, 3.05) is 6.61 Å². The predicted molar refractivity (Wildman–Crippen MR) is 81.7 cm³/mol. The van der Waals surface area contributed by atoms with E-state index in [1.807, 2.05) is 6.07 Å². The number of ether oxygens (including phenoxy) is 1. The van der Waals surface area contributed by atoms with Crippen LogP contribution in [-0.4, -0.2) is 18.2 Å². The maximum Gasteiger partial charge on any atom is 0.193 e. The molecule has 0 aliphatic carbocycles. The molecule has 0 heterocycles. The van der Waals surface area contributed by atoms with Gasteiger partial charge in [0.05, 0.1) is 11.6 Å². The van der Waals surface area contributed by atoms with Gasteiger partial charge in [0.1, 0.15) is 5.75 Å². The number of benzene rings is 2. The van der Waals surface area contributed by atoms with Crippen LogP contribution < -0.4 is 4.74 Å². The van der Waals surface area contributed by atoms with Crippen LogP contribution in [0.5, 0.6) is 5.75 Å². The molecule has 4 heteroatoms. The minimum absolute atomic E-state index is 0.0770. The largest absolute Gasteiger partial charge is 0.485 e. The summed E-state index contributed by atoms with van der Waals surface area (Å²) in [6.45, 7) is 3.28. The van der Waals surface area contributed by atoms with Crippen molar-refractivity contribution >= 4 is 11.6 Å². The third kappa shape index (κ3) is 3.68. The number of nitriles is 1. The number of hydrogen-bond donors (Lipinski definition) is 0. The molecule has 2 rings (SSSR count). The fourth-order valence-electron chi connectivity index (χ4n) is 1.78. The highest BCUT2D eigenvalue weighted by Crippen LogP contribution is 2.16. The SMILES string of the molecule is C=CC(=O)COc1ccc(C(=O)c2ccc(C#N)cc2)cc1. The number of hydrogen-bond acceptors (Lipinski definition) is 4. The predicted octanol–water partition coefficient (Wildman–Crippen LogP) is 2.92. The number of carbonyl (C=O) groups is 2. The normalized spacial score (nSPS) is 9.59. The van der Waals surface area contributed by atoms with Crippen LogP contribution in [0.15, 0.2) is 61.2 Å². The lowest BCUT2D eigenvalue weighted by molar-refractivity contribution is -0.116. The summed E-state index contributed by atoms with van der Waals surface area (Å²) in [4.78, 5) is 23.4. The fraction of sp³-hybridized carbons (Fsp3) is 0.0556. The van der Waals surface area contributed by atoms with Gasteiger partial charge in [-0.25, -0.2) is 0 Å². The van der Waals surface area contributed by atoms with E-state index >= 15 is 0 Å². The van der Waals surface area contributed by atoms with E-state index in [1.165, 1.54) is 6.08 Å². The van der Waals surface area contributed by atoms with Crippen molar-refractivity contribution in [1.29, 1.82) is 5.26 Å². The Bertz CT molecular complexity index is 737. The van der Waals surface area contributed by atoms with Crippen LogP contribution in [0.4, 0.5) is 0 Å². The van der Waals surface area contributed by atoms with Gasteiger partial charge in [0.25, 0.3) is 0 Å². The van der Waals surface area contributed by atoms with Crippen molar-refractivity contribution in [1.82, 2.24) is 0 Å². The maximum absolute atomic E-state index is 12.3. The Balaban J connectivity index is 2.09. The zero-order valence-electron chi connectivity index (χ0n) is 11.8. The second-order valence-corrected chi connectivity index (χ2v) is 4.50. The van der Waals surface area contributed by atoms with Crippen LogP contribution >= 0.6 is 0 Å². The first kappa shape index (κ1) is 15.2. The average molecular weight is 291 g/mol. The van der Waals surface area contributed by atoms with E-state index in [0.29, 0.717) is 22.4 Å². The van der Waals surface area contributed by atoms with Crippen molar-refractivity contribution in [3.8, 4) is 11.8 Å². The highest BCUT2D eigenvalue weighted by atomic mass is 16.5. The van der Waals surface area contributed by atoms with Gasteiger partial charge in [0.2, 0.25) is 0 Å². The molecule has 0 N–H and O–H groups in total. The van der Waals surface area contributed by atoms with Crippen LogP contribution in [-0.2, 0) is 4.79 Å². The summed E-state index contributed by atoms with van der Waals surface area (Å²) in [5.74, 6) is 0.155. The minimum atomic E-state index is -0.210. The maximum atomic E-state index is 12.3. The molecule has 0 unspecified atom stereocenters. The first-order valence-electron chi connectivity index (χ1n) is 6.57. The minimum Gasteiger partial charge on any atom is -0.485 e. The smallest absolute Gasteiger partial charge is 0.193 e. The third-order valence-electron chi connectivity index (χ3n) is 3.00. The molecule has 108 valence electrons. The standard InChI is InChI=1S/C18H13NO3/c1-2-16(20)12-22-17-9-7-15(8-10-17)18(21)14-5-3-13(11-19)4-6-14/h2-10H,1,12H2. The summed E-state index contributed by atoms with van der Waals surface area (Å²) in [6, 6.07) is 15.0. The lowest BCUT2D eigenvalue weighted by Crippen LogP contribution is -2.08. The molecular formula is C18H13NO3. The van der Waals surface area contributed by atoms with Crippen molar-refractivity contribution < 1.29 is 14.3 Å². The molecule has 4 nitrogen and oxygen atoms in total. The molecule has 0 bridgehead atoms. The fourth-order valence-corrected chi connectivity index (χ4v) is 1.78. The monoisotopic (exact) mass is 291 g/mol. The molecule has 0 spiro atoms. The Kier molecular flexibility index (Phi) is 4.84. The number of ketones is 2. The van der Waals surface area contributed by atoms with Crippen LogP contribution in [0, 0.1) is 11.3 Å². The summed E-state index contributed by atoms with van der Waals surface area (Å²) in [7, 11) is 0. The van der Waals surface area contributed by atoms with Gasteiger partial charge in [-0.1, -0.05) is 6.58 Å². The summed E-state index contributed by atoms with van der Waals surface area (Å²) >= 11 is 0. The highest BCUT2D eigenvalue weighted by molar-refractivity contribution is 6.09. The van der Waals surface area contributed by atoms with E-state index in [0.717, 1.165) is 0 Å². The number of nitrogens with zero attached hydrogens (tertiary/aromatic N) is 1. The molecule has 0 aliphatic heterocycles. The first-order chi connectivity index (χ1) is 10.6. The van der Waals surface area contributed by atoms with Gasteiger partial charge in [-0.2, -0.15) is 5.26 Å². The second-order valence-electron chi connectivity index (χ2n) is 4.50.